The molecular weight excluding hydrogens is 318 g/mol. The average molecular weight is 335 g/mol. The maximum Gasteiger partial charge on any atom is 0.337 e. The molecule has 0 saturated heterocycles. The molecule has 0 fully saturated rings. The minimum absolute atomic E-state index is 0.0349. The van der Waals surface area contributed by atoms with Gasteiger partial charge in [0.15, 0.2) is 0 Å². The number of aromatic carboxylic acids is 1. The van der Waals surface area contributed by atoms with E-state index in [1.165, 1.54) is 6.07 Å². The van der Waals surface area contributed by atoms with Crippen molar-refractivity contribution in [3.05, 3.63) is 34.3 Å². The number of benzene rings is 1. The molecule has 0 heterocycles. The van der Waals surface area contributed by atoms with Gasteiger partial charge in [0.1, 0.15) is 6.73 Å². The Bertz CT molecular complexity index is 523. The van der Waals surface area contributed by atoms with Gasteiger partial charge in [0, 0.05) is 13.1 Å². The van der Waals surface area contributed by atoms with Gasteiger partial charge >= 0.3 is 5.97 Å². The topological polar surface area (TPSA) is 89.9 Å². The lowest BCUT2D eigenvalue weighted by atomic mass is 10.1. The summed E-state index contributed by atoms with van der Waals surface area (Å²) in [5.74, 6) is -0.766. The predicted octanol–water partition coefficient (Wildman–Crippen LogP) is 2.26. The lowest BCUT2D eigenvalue weighted by Crippen LogP contribution is -2.30. The van der Waals surface area contributed by atoms with Gasteiger partial charge in [-0.3, -0.25) is 9.08 Å². The first-order valence-electron chi connectivity index (χ1n) is 6.26. The minimum atomic E-state index is -2.57. The van der Waals surface area contributed by atoms with E-state index < -0.39 is 17.3 Å². The highest BCUT2D eigenvalue weighted by Gasteiger charge is 2.12. The molecule has 0 radical (unpaired) electrons. The lowest BCUT2D eigenvalue weighted by molar-refractivity contribution is 0.0697. The number of carboxylic acid groups (broad SMARTS) is 1. The molecule has 0 aliphatic heterocycles. The molecular formula is C13H17ClNO5S-. The molecule has 1 unspecified atom stereocenters. The fraction of sp³-hybridized carbons (Fsp3) is 0.462. The SMILES string of the molecule is CC(C)CN(COS(=O)[O-])Cc1ccc(C(=O)O)c(Cl)c1. The second-order valence-electron chi connectivity index (χ2n) is 4.98. The number of nitrogens with zero attached hydrogens (tertiary/aromatic N) is 1. The standard InChI is InChI=1S/C13H18ClNO5S/c1-9(2)6-15(8-20-21(18)19)7-10-3-4-11(13(16)17)12(14)5-10/h3-5,9H,6-8H2,1-2H3,(H,16,17)(H,18,19)/p-1. The molecule has 0 spiro atoms. The Morgan fingerprint density at radius 2 is 2.19 bits per heavy atom. The monoisotopic (exact) mass is 334 g/mol. The Morgan fingerprint density at radius 3 is 2.67 bits per heavy atom. The molecule has 1 aromatic carbocycles. The molecule has 0 amide bonds. The quantitative estimate of drug-likeness (QED) is 0.579. The summed E-state index contributed by atoms with van der Waals surface area (Å²) in [5, 5.41) is 9.07. The zero-order valence-corrected chi connectivity index (χ0v) is 13.3. The Morgan fingerprint density at radius 1 is 1.52 bits per heavy atom. The van der Waals surface area contributed by atoms with E-state index in [4.69, 9.17) is 16.7 Å². The molecule has 118 valence electrons. The Labute approximate surface area is 131 Å². The number of carboxylic acids is 1. The first kappa shape index (κ1) is 18.1. The summed E-state index contributed by atoms with van der Waals surface area (Å²) in [7, 11) is 0. The van der Waals surface area contributed by atoms with Crippen molar-refractivity contribution in [1.82, 2.24) is 4.90 Å². The Balaban J connectivity index is 2.79. The van der Waals surface area contributed by atoms with Crippen LogP contribution in [0.2, 0.25) is 5.02 Å². The molecule has 0 aromatic heterocycles. The fourth-order valence-corrected chi connectivity index (χ4v) is 2.40. The zero-order valence-electron chi connectivity index (χ0n) is 11.7. The van der Waals surface area contributed by atoms with E-state index >= 15 is 0 Å². The van der Waals surface area contributed by atoms with Crippen molar-refractivity contribution in [2.24, 2.45) is 5.92 Å². The summed E-state index contributed by atoms with van der Waals surface area (Å²) < 4.78 is 25.5. The molecule has 6 nitrogen and oxygen atoms in total. The van der Waals surface area contributed by atoms with Crippen molar-refractivity contribution in [3.8, 4) is 0 Å². The number of hydrogen-bond donors (Lipinski definition) is 1. The number of carbonyl (C=O) groups is 1. The molecule has 0 saturated carbocycles. The van der Waals surface area contributed by atoms with Crippen LogP contribution in [0.5, 0.6) is 0 Å². The molecule has 0 aliphatic carbocycles. The molecule has 1 atom stereocenters. The predicted molar refractivity (Wildman–Crippen MR) is 78.5 cm³/mol. The summed E-state index contributed by atoms with van der Waals surface area (Å²) in [6.45, 7) is 4.99. The third kappa shape index (κ3) is 6.54. The van der Waals surface area contributed by atoms with Gasteiger partial charge in [-0.05, 0) is 23.6 Å². The highest BCUT2D eigenvalue weighted by Crippen LogP contribution is 2.19. The van der Waals surface area contributed by atoms with Crippen molar-refractivity contribution in [2.75, 3.05) is 13.3 Å². The smallest absolute Gasteiger partial charge is 0.337 e. The van der Waals surface area contributed by atoms with Gasteiger partial charge in [-0.25, -0.2) is 9.00 Å². The van der Waals surface area contributed by atoms with Crippen LogP contribution >= 0.6 is 11.6 Å². The third-order valence-corrected chi connectivity index (χ3v) is 3.24. The van der Waals surface area contributed by atoms with Crippen LogP contribution in [0.4, 0.5) is 0 Å². The van der Waals surface area contributed by atoms with Gasteiger partial charge < -0.3 is 9.66 Å². The van der Waals surface area contributed by atoms with Gasteiger partial charge in [-0.15, -0.1) is 0 Å². The van der Waals surface area contributed by atoms with Crippen LogP contribution in [-0.2, 0) is 22.1 Å². The second-order valence-corrected chi connectivity index (χ2v) is 6.03. The van der Waals surface area contributed by atoms with Crippen LogP contribution in [0.15, 0.2) is 18.2 Å². The summed E-state index contributed by atoms with van der Waals surface area (Å²) >= 11 is 3.34. The van der Waals surface area contributed by atoms with Crippen molar-refractivity contribution in [3.63, 3.8) is 0 Å². The lowest BCUT2D eigenvalue weighted by Gasteiger charge is -2.24. The van der Waals surface area contributed by atoms with Crippen LogP contribution < -0.4 is 0 Å². The summed E-state index contributed by atoms with van der Waals surface area (Å²) in [6, 6.07) is 4.64. The van der Waals surface area contributed by atoms with E-state index in [1.807, 2.05) is 13.8 Å². The van der Waals surface area contributed by atoms with E-state index in [1.54, 1.807) is 17.0 Å². The normalized spacial score (nSPS) is 12.9. The molecule has 0 aliphatic rings. The van der Waals surface area contributed by atoms with Crippen LogP contribution in [-0.4, -0.2) is 38.0 Å². The highest BCUT2D eigenvalue weighted by molar-refractivity contribution is 7.74. The van der Waals surface area contributed by atoms with Gasteiger partial charge in [0.05, 0.1) is 21.9 Å². The third-order valence-electron chi connectivity index (χ3n) is 2.62. The molecule has 21 heavy (non-hydrogen) atoms. The highest BCUT2D eigenvalue weighted by atomic mass is 35.5. The largest absolute Gasteiger partial charge is 0.750 e. The molecule has 8 heteroatoms. The zero-order chi connectivity index (χ0) is 16.0. The number of rotatable bonds is 8. The summed E-state index contributed by atoms with van der Waals surface area (Å²) in [6.07, 6.45) is 0. The second kappa shape index (κ2) is 8.45. The van der Waals surface area contributed by atoms with E-state index in [-0.39, 0.29) is 17.3 Å². The van der Waals surface area contributed by atoms with Crippen molar-refractivity contribution >= 4 is 28.9 Å². The Kier molecular flexibility index (Phi) is 7.27. The summed E-state index contributed by atoms with van der Waals surface area (Å²) in [5.41, 5.74) is 0.818. The number of hydrogen-bond acceptors (Lipinski definition) is 5. The summed E-state index contributed by atoms with van der Waals surface area (Å²) in [4.78, 5) is 12.7. The van der Waals surface area contributed by atoms with Gasteiger partial charge in [-0.2, -0.15) is 0 Å². The number of halogens is 1. The van der Waals surface area contributed by atoms with Crippen molar-refractivity contribution in [2.45, 2.75) is 20.4 Å². The van der Waals surface area contributed by atoms with E-state index in [0.717, 1.165) is 5.56 Å². The molecule has 1 aromatic rings. The van der Waals surface area contributed by atoms with Crippen LogP contribution in [0.3, 0.4) is 0 Å². The van der Waals surface area contributed by atoms with Gasteiger partial charge in [-0.1, -0.05) is 31.5 Å². The van der Waals surface area contributed by atoms with E-state index in [2.05, 4.69) is 4.18 Å². The first-order chi connectivity index (χ1) is 9.79. The fourth-order valence-electron chi connectivity index (χ4n) is 1.89. The molecule has 0 bridgehead atoms. The van der Waals surface area contributed by atoms with Gasteiger partial charge in [0.2, 0.25) is 0 Å². The van der Waals surface area contributed by atoms with Crippen LogP contribution in [0, 0.1) is 5.92 Å². The minimum Gasteiger partial charge on any atom is -0.750 e. The van der Waals surface area contributed by atoms with E-state index in [0.29, 0.717) is 19.0 Å². The van der Waals surface area contributed by atoms with Crippen molar-refractivity contribution < 1.29 is 22.8 Å². The Hall–Kier alpha value is -0.990. The van der Waals surface area contributed by atoms with Crippen LogP contribution in [0.25, 0.3) is 0 Å². The molecule has 1 rings (SSSR count). The van der Waals surface area contributed by atoms with Gasteiger partial charge in [0.25, 0.3) is 0 Å². The average Bonchev–Trinajstić information content (AvgIpc) is 2.34. The van der Waals surface area contributed by atoms with Crippen LogP contribution in [0.1, 0.15) is 29.8 Å². The maximum absolute atomic E-state index is 10.9. The maximum atomic E-state index is 10.9. The first-order valence-corrected chi connectivity index (χ1v) is 7.64. The van der Waals surface area contributed by atoms with E-state index in [9.17, 15) is 13.6 Å². The molecule has 1 N–H and O–H groups in total. The van der Waals surface area contributed by atoms with Crippen molar-refractivity contribution in [1.29, 1.82) is 0 Å².